The molecule has 0 aliphatic carbocycles. The zero-order chi connectivity index (χ0) is 19.9. The fourth-order valence-electron chi connectivity index (χ4n) is 2.40. The number of aryl methyl sites for hydroxylation is 1. The van der Waals surface area contributed by atoms with E-state index in [4.69, 9.17) is 10.00 Å². The van der Waals surface area contributed by atoms with Crippen LogP contribution in [0.25, 0.3) is 0 Å². The van der Waals surface area contributed by atoms with Crippen molar-refractivity contribution < 1.29 is 9.53 Å². The number of nitrogens with zero attached hydrogens (tertiary/aromatic N) is 3. The van der Waals surface area contributed by atoms with Crippen LogP contribution in [0.3, 0.4) is 0 Å². The Hall–Kier alpha value is -3.31. The molecule has 1 heterocycles. The highest BCUT2D eigenvalue weighted by Gasteiger charge is 2.18. The second kappa shape index (κ2) is 9.06. The third-order valence-electron chi connectivity index (χ3n) is 3.93. The lowest BCUT2D eigenvalue weighted by Crippen LogP contribution is -2.23. The van der Waals surface area contributed by atoms with Crippen LogP contribution in [0.4, 0.5) is 5.69 Å². The van der Waals surface area contributed by atoms with Gasteiger partial charge in [0.2, 0.25) is 11.1 Å². The Morgan fingerprint density at radius 1 is 1.29 bits per heavy atom. The van der Waals surface area contributed by atoms with Crippen LogP contribution in [-0.2, 0) is 11.4 Å². The predicted octanol–water partition coefficient (Wildman–Crippen LogP) is 3.68. The van der Waals surface area contributed by atoms with E-state index in [1.165, 1.54) is 11.8 Å². The molecule has 0 saturated carbocycles. The summed E-state index contributed by atoms with van der Waals surface area (Å²) >= 11 is 1.23. The van der Waals surface area contributed by atoms with E-state index in [-0.39, 0.29) is 12.5 Å². The van der Waals surface area contributed by atoms with Crippen molar-refractivity contribution in [2.24, 2.45) is 0 Å². The van der Waals surface area contributed by atoms with Gasteiger partial charge in [0.1, 0.15) is 18.4 Å². The quantitative estimate of drug-likeness (QED) is 0.594. The zero-order valence-electron chi connectivity index (χ0n) is 15.5. The normalized spacial score (nSPS) is 11.5. The van der Waals surface area contributed by atoms with E-state index in [2.05, 4.69) is 26.6 Å². The van der Waals surface area contributed by atoms with Gasteiger partial charge in [-0.15, -0.1) is 5.10 Å². The highest BCUT2D eigenvalue weighted by Crippen LogP contribution is 2.22. The third kappa shape index (κ3) is 4.90. The van der Waals surface area contributed by atoms with E-state index in [9.17, 15) is 4.79 Å². The Morgan fingerprint density at radius 2 is 2.04 bits per heavy atom. The van der Waals surface area contributed by atoms with Crippen LogP contribution in [0, 0.1) is 18.3 Å². The average Bonchev–Trinajstić information content (AvgIpc) is 3.15. The Kier molecular flexibility index (Phi) is 6.29. The number of H-pyrrole nitrogens is 1. The zero-order valence-corrected chi connectivity index (χ0v) is 16.3. The summed E-state index contributed by atoms with van der Waals surface area (Å²) in [6.45, 7) is 3.99. The molecule has 8 heteroatoms. The lowest BCUT2D eigenvalue weighted by Gasteiger charge is -2.11. The topological polar surface area (TPSA) is 104 Å². The number of hydrogen-bond acceptors (Lipinski definition) is 6. The summed E-state index contributed by atoms with van der Waals surface area (Å²) in [5.74, 6) is 1.14. The molecule has 0 unspecified atom stereocenters. The number of benzene rings is 2. The van der Waals surface area contributed by atoms with Crippen molar-refractivity contribution in [3.8, 4) is 11.8 Å². The maximum absolute atomic E-state index is 12.4. The number of nitriles is 1. The molecule has 142 valence electrons. The lowest BCUT2D eigenvalue weighted by molar-refractivity contribution is -0.115. The van der Waals surface area contributed by atoms with Crippen LogP contribution in [0.15, 0.2) is 53.7 Å². The van der Waals surface area contributed by atoms with Gasteiger partial charge in [-0.3, -0.25) is 9.89 Å². The summed E-state index contributed by atoms with van der Waals surface area (Å²) < 4.78 is 5.74. The van der Waals surface area contributed by atoms with Crippen molar-refractivity contribution in [2.75, 3.05) is 5.32 Å². The molecule has 0 radical (unpaired) electrons. The van der Waals surface area contributed by atoms with Crippen molar-refractivity contribution in [2.45, 2.75) is 30.9 Å². The fraction of sp³-hybridized carbons (Fsp3) is 0.200. The van der Waals surface area contributed by atoms with Gasteiger partial charge in [0.15, 0.2) is 5.82 Å². The van der Waals surface area contributed by atoms with E-state index in [0.717, 1.165) is 11.3 Å². The van der Waals surface area contributed by atoms with Crippen LogP contribution in [-0.4, -0.2) is 26.3 Å². The van der Waals surface area contributed by atoms with Crippen LogP contribution in [0.1, 0.15) is 23.9 Å². The third-order valence-corrected chi connectivity index (χ3v) is 4.89. The number of hydrogen-bond donors (Lipinski definition) is 2. The maximum Gasteiger partial charge on any atom is 0.237 e. The number of carbonyl (C=O) groups is 1. The minimum Gasteiger partial charge on any atom is -0.485 e. The number of carbonyl (C=O) groups excluding carboxylic acids is 1. The van der Waals surface area contributed by atoms with E-state index < -0.39 is 5.25 Å². The number of nitrogens with one attached hydrogen (secondary N) is 2. The Balaban J connectivity index is 1.56. The van der Waals surface area contributed by atoms with Gasteiger partial charge >= 0.3 is 0 Å². The van der Waals surface area contributed by atoms with Gasteiger partial charge in [-0.25, -0.2) is 4.98 Å². The number of aromatic amines is 1. The first-order valence-electron chi connectivity index (χ1n) is 8.63. The highest BCUT2D eigenvalue weighted by molar-refractivity contribution is 8.00. The number of rotatable bonds is 7. The van der Waals surface area contributed by atoms with Crippen LogP contribution in [0.5, 0.6) is 5.75 Å². The van der Waals surface area contributed by atoms with E-state index in [0.29, 0.717) is 22.2 Å². The number of aromatic nitrogens is 3. The number of amides is 1. The van der Waals surface area contributed by atoms with Crippen LogP contribution < -0.4 is 10.1 Å². The summed E-state index contributed by atoms with van der Waals surface area (Å²) in [5.41, 5.74) is 1.95. The molecule has 1 atom stereocenters. The summed E-state index contributed by atoms with van der Waals surface area (Å²) in [7, 11) is 0. The first kappa shape index (κ1) is 19.5. The number of thioether (sulfide) groups is 1. The molecule has 0 saturated heterocycles. The van der Waals surface area contributed by atoms with Gasteiger partial charge in [-0.2, -0.15) is 5.26 Å². The molecule has 3 rings (SSSR count). The SMILES string of the molecule is Cc1ccccc1OCc1nc(S[C@H](C)C(=O)Nc2ccccc2C#N)n[nH]1. The molecular weight excluding hydrogens is 374 g/mol. The van der Waals surface area contributed by atoms with Gasteiger partial charge in [-0.05, 0) is 37.6 Å². The average molecular weight is 393 g/mol. The minimum absolute atomic E-state index is 0.227. The lowest BCUT2D eigenvalue weighted by atomic mass is 10.2. The van der Waals surface area contributed by atoms with Gasteiger partial charge in [-0.1, -0.05) is 42.1 Å². The molecule has 2 N–H and O–H groups in total. The molecular formula is C20H19N5O2S. The molecule has 0 spiro atoms. The standard InChI is InChI=1S/C20H19N5O2S/c1-13-7-3-6-10-17(13)27-12-18-23-20(25-24-18)28-14(2)19(26)22-16-9-5-4-8-15(16)11-21/h3-10,14H,12H2,1-2H3,(H,22,26)(H,23,24,25)/t14-/m1/s1. The first-order chi connectivity index (χ1) is 13.6. The first-order valence-corrected chi connectivity index (χ1v) is 9.51. The minimum atomic E-state index is -0.437. The largest absolute Gasteiger partial charge is 0.485 e. The van der Waals surface area contributed by atoms with Crippen molar-refractivity contribution >= 4 is 23.4 Å². The van der Waals surface area contributed by atoms with Gasteiger partial charge in [0.25, 0.3) is 0 Å². The summed E-state index contributed by atoms with van der Waals surface area (Å²) in [5, 5.41) is 18.9. The number of anilines is 1. The predicted molar refractivity (Wildman–Crippen MR) is 107 cm³/mol. The van der Waals surface area contributed by atoms with Gasteiger partial charge in [0.05, 0.1) is 16.5 Å². The van der Waals surface area contributed by atoms with Crippen molar-refractivity contribution in [1.29, 1.82) is 5.26 Å². The highest BCUT2D eigenvalue weighted by atomic mass is 32.2. The van der Waals surface area contributed by atoms with Crippen LogP contribution >= 0.6 is 11.8 Å². The smallest absolute Gasteiger partial charge is 0.237 e. The van der Waals surface area contributed by atoms with E-state index in [1.54, 1.807) is 31.2 Å². The molecule has 1 aromatic heterocycles. The number of ether oxygens (including phenoxy) is 1. The van der Waals surface area contributed by atoms with E-state index >= 15 is 0 Å². The molecule has 7 nitrogen and oxygen atoms in total. The van der Waals surface area contributed by atoms with Crippen molar-refractivity contribution in [3.05, 3.63) is 65.5 Å². The molecule has 3 aromatic rings. The number of para-hydroxylation sites is 2. The molecule has 0 aliphatic heterocycles. The molecule has 2 aromatic carbocycles. The molecule has 0 fully saturated rings. The summed E-state index contributed by atoms with van der Waals surface area (Å²) in [6, 6.07) is 16.7. The fourth-order valence-corrected chi connectivity index (χ4v) is 3.14. The molecule has 1 amide bonds. The summed E-state index contributed by atoms with van der Waals surface area (Å²) in [6.07, 6.45) is 0. The van der Waals surface area contributed by atoms with E-state index in [1.807, 2.05) is 31.2 Å². The second-order valence-corrected chi connectivity index (χ2v) is 7.33. The Bertz CT molecular complexity index is 1010. The van der Waals surface area contributed by atoms with Crippen molar-refractivity contribution in [3.63, 3.8) is 0 Å². The van der Waals surface area contributed by atoms with Crippen LogP contribution in [0.2, 0.25) is 0 Å². The second-order valence-electron chi connectivity index (χ2n) is 6.03. The monoisotopic (exact) mass is 393 g/mol. The van der Waals surface area contributed by atoms with Gasteiger partial charge in [0, 0.05) is 0 Å². The van der Waals surface area contributed by atoms with Gasteiger partial charge < -0.3 is 10.1 Å². The molecule has 0 bridgehead atoms. The Morgan fingerprint density at radius 3 is 2.82 bits per heavy atom. The molecule has 28 heavy (non-hydrogen) atoms. The maximum atomic E-state index is 12.4. The molecule has 0 aliphatic rings. The summed E-state index contributed by atoms with van der Waals surface area (Å²) in [4.78, 5) is 16.8. The van der Waals surface area contributed by atoms with Crippen molar-refractivity contribution in [1.82, 2.24) is 15.2 Å². The Labute approximate surface area is 167 Å².